The SMILES string of the molecule is CCC(CCO)NC1(CN)CCCC1. The van der Waals surface area contributed by atoms with Crippen molar-refractivity contribution in [1.29, 1.82) is 0 Å². The van der Waals surface area contributed by atoms with E-state index in [1.165, 1.54) is 25.7 Å². The molecule has 0 saturated heterocycles. The number of nitrogens with two attached hydrogens (primary N) is 1. The first kappa shape index (κ1) is 12.0. The van der Waals surface area contributed by atoms with E-state index in [1.807, 2.05) is 0 Å². The molecular formula is C11H24N2O. The van der Waals surface area contributed by atoms with Gasteiger partial charge in [-0.2, -0.15) is 0 Å². The maximum absolute atomic E-state index is 8.93. The van der Waals surface area contributed by atoms with Crippen LogP contribution in [0.15, 0.2) is 0 Å². The van der Waals surface area contributed by atoms with E-state index in [-0.39, 0.29) is 12.1 Å². The predicted octanol–water partition coefficient (Wildman–Crippen LogP) is 1.01. The van der Waals surface area contributed by atoms with Gasteiger partial charge in [0.25, 0.3) is 0 Å². The molecule has 1 fully saturated rings. The third-order valence-corrected chi connectivity index (χ3v) is 3.43. The van der Waals surface area contributed by atoms with Crippen LogP contribution in [-0.4, -0.2) is 29.8 Å². The molecule has 1 unspecified atom stereocenters. The van der Waals surface area contributed by atoms with E-state index < -0.39 is 0 Å². The fourth-order valence-corrected chi connectivity index (χ4v) is 2.43. The van der Waals surface area contributed by atoms with Crippen molar-refractivity contribution in [3.05, 3.63) is 0 Å². The summed E-state index contributed by atoms with van der Waals surface area (Å²) in [5, 5.41) is 12.6. The molecule has 0 heterocycles. The summed E-state index contributed by atoms with van der Waals surface area (Å²) in [6, 6.07) is 0.432. The Balaban J connectivity index is 2.44. The first-order valence-corrected chi connectivity index (χ1v) is 5.85. The highest BCUT2D eigenvalue weighted by Gasteiger charge is 2.33. The summed E-state index contributed by atoms with van der Waals surface area (Å²) >= 11 is 0. The Morgan fingerprint density at radius 3 is 2.50 bits per heavy atom. The maximum Gasteiger partial charge on any atom is 0.0445 e. The van der Waals surface area contributed by atoms with Crippen LogP contribution in [0.2, 0.25) is 0 Å². The lowest BCUT2D eigenvalue weighted by molar-refractivity contribution is 0.227. The molecule has 0 bridgehead atoms. The Bertz CT molecular complexity index is 155. The molecule has 1 aliphatic rings. The predicted molar refractivity (Wildman–Crippen MR) is 59.2 cm³/mol. The summed E-state index contributed by atoms with van der Waals surface area (Å²) < 4.78 is 0. The highest BCUT2D eigenvalue weighted by atomic mass is 16.3. The van der Waals surface area contributed by atoms with E-state index in [1.54, 1.807) is 0 Å². The van der Waals surface area contributed by atoms with E-state index >= 15 is 0 Å². The van der Waals surface area contributed by atoms with Gasteiger partial charge in [0.1, 0.15) is 0 Å². The average molecular weight is 200 g/mol. The van der Waals surface area contributed by atoms with Crippen molar-refractivity contribution in [1.82, 2.24) is 5.32 Å². The van der Waals surface area contributed by atoms with E-state index in [4.69, 9.17) is 10.8 Å². The van der Waals surface area contributed by atoms with Crippen molar-refractivity contribution in [2.24, 2.45) is 5.73 Å². The standard InChI is InChI=1S/C11H24N2O/c1-2-10(5-8-14)13-11(9-12)6-3-4-7-11/h10,13-14H,2-9,12H2,1H3. The molecule has 3 nitrogen and oxygen atoms in total. The van der Waals surface area contributed by atoms with E-state index in [2.05, 4.69) is 12.2 Å². The molecule has 1 saturated carbocycles. The molecule has 1 rings (SSSR count). The zero-order valence-electron chi connectivity index (χ0n) is 9.26. The van der Waals surface area contributed by atoms with Gasteiger partial charge in [0, 0.05) is 24.7 Å². The van der Waals surface area contributed by atoms with Crippen molar-refractivity contribution in [2.75, 3.05) is 13.2 Å². The second kappa shape index (κ2) is 5.69. The van der Waals surface area contributed by atoms with Crippen LogP contribution in [0, 0.1) is 0 Å². The summed E-state index contributed by atoms with van der Waals surface area (Å²) in [5.74, 6) is 0. The van der Waals surface area contributed by atoms with Crippen LogP contribution in [0.25, 0.3) is 0 Å². The van der Waals surface area contributed by atoms with E-state index in [0.29, 0.717) is 6.04 Å². The highest BCUT2D eigenvalue weighted by molar-refractivity contribution is 4.95. The minimum absolute atomic E-state index is 0.176. The minimum Gasteiger partial charge on any atom is -0.396 e. The van der Waals surface area contributed by atoms with Crippen molar-refractivity contribution < 1.29 is 5.11 Å². The summed E-state index contributed by atoms with van der Waals surface area (Å²) in [4.78, 5) is 0. The summed E-state index contributed by atoms with van der Waals surface area (Å²) in [5.41, 5.74) is 6.02. The highest BCUT2D eigenvalue weighted by Crippen LogP contribution is 2.29. The smallest absolute Gasteiger partial charge is 0.0445 e. The number of hydrogen-bond donors (Lipinski definition) is 3. The monoisotopic (exact) mass is 200 g/mol. The Hall–Kier alpha value is -0.120. The third kappa shape index (κ3) is 2.94. The quantitative estimate of drug-likeness (QED) is 0.600. The first-order chi connectivity index (χ1) is 6.76. The number of nitrogens with one attached hydrogen (secondary N) is 1. The van der Waals surface area contributed by atoms with Crippen LogP contribution in [0.5, 0.6) is 0 Å². The Labute approximate surface area is 87.1 Å². The number of hydrogen-bond acceptors (Lipinski definition) is 3. The molecule has 4 N–H and O–H groups in total. The van der Waals surface area contributed by atoms with Crippen LogP contribution in [-0.2, 0) is 0 Å². The minimum atomic E-state index is 0.176. The van der Waals surface area contributed by atoms with Crippen molar-refractivity contribution >= 4 is 0 Å². The molecular weight excluding hydrogens is 176 g/mol. The molecule has 0 aromatic carbocycles. The molecule has 0 amide bonds. The second-order valence-corrected chi connectivity index (χ2v) is 4.45. The molecule has 1 atom stereocenters. The van der Waals surface area contributed by atoms with Crippen LogP contribution >= 0.6 is 0 Å². The molecule has 84 valence electrons. The van der Waals surface area contributed by atoms with Gasteiger partial charge < -0.3 is 16.2 Å². The van der Waals surface area contributed by atoms with Gasteiger partial charge in [-0.15, -0.1) is 0 Å². The summed E-state index contributed by atoms with van der Waals surface area (Å²) in [6.07, 6.45) is 6.90. The van der Waals surface area contributed by atoms with Gasteiger partial charge in [-0.05, 0) is 25.7 Å². The summed E-state index contributed by atoms with van der Waals surface area (Å²) in [7, 11) is 0. The zero-order chi connectivity index (χ0) is 10.4. The summed E-state index contributed by atoms with van der Waals surface area (Å²) in [6.45, 7) is 3.16. The normalized spacial score (nSPS) is 22.5. The third-order valence-electron chi connectivity index (χ3n) is 3.43. The number of rotatable bonds is 6. The molecule has 14 heavy (non-hydrogen) atoms. The maximum atomic E-state index is 8.93. The second-order valence-electron chi connectivity index (χ2n) is 4.45. The van der Waals surface area contributed by atoms with Gasteiger partial charge in [-0.1, -0.05) is 19.8 Å². The average Bonchev–Trinajstić information content (AvgIpc) is 2.66. The van der Waals surface area contributed by atoms with Gasteiger partial charge in [0.15, 0.2) is 0 Å². The van der Waals surface area contributed by atoms with Crippen molar-refractivity contribution in [2.45, 2.75) is 57.0 Å². The largest absolute Gasteiger partial charge is 0.396 e. The van der Waals surface area contributed by atoms with Crippen LogP contribution < -0.4 is 11.1 Å². The fourth-order valence-electron chi connectivity index (χ4n) is 2.43. The van der Waals surface area contributed by atoms with Crippen LogP contribution in [0.3, 0.4) is 0 Å². The van der Waals surface area contributed by atoms with Crippen LogP contribution in [0.1, 0.15) is 45.4 Å². The first-order valence-electron chi connectivity index (χ1n) is 5.85. The lowest BCUT2D eigenvalue weighted by Gasteiger charge is -2.33. The molecule has 0 aromatic rings. The number of aliphatic hydroxyl groups excluding tert-OH is 1. The Morgan fingerprint density at radius 2 is 2.07 bits per heavy atom. The van der Waals surface area contributed by atoms with Crippen LogP contribution in [0.4, 0.5) is 0 Å². The Morgan fingerprint density at radius 1 is 1.43 bits per heavy atom. The molecule has 0 spiro atoms. The van der Waals surface area contributed by atoms with Gasteiger partial charge in [-0.3, -0.25) is 0 Å². The van der Waals surface area contributed by atoms with E-state index in [0.717, 1.165) is 19.4 Å². The zero-order valence-corrected chi connectivity index (χ0v) is 9.26. The molecule has 0 aromatic heterocycles. The molecule has 1 aliphatic carbocycles. The molecule has 3 heteroatoms. The van der Waals surface area contributed by atoms with Crippen molar-refractivity contribution in [3.8, 4) is 0 Å². The molecule has 0 aliphatic heterocycles. The topological polar surface area (TPSA) is 58.3 Å². The van der Waals surface area contributed by atoms with Gasteiger partial charge in [-0.25, -0.2) is 0 Å². The Kier molecular flexibility index (Phi) is 4.85. The van der Waals surface area contributed by atoms with E-state index in [9.17, 15) is 0 Å². The number of aliphatic hydroxyl groups is 1. The van der Waals surface area contributed by atoms with Gasteiger partial charge in [0.2, 0.25) is 0 Å². The fraction of sp³-hybridized carbons (Fsp3) is 1.00. The molecule has 0 radical (unpaired) electrons. The lowest BCUT2D eigenvalue weighted by atomic mass is 9.95. The van der Waals surface area contributed by atoms with Gasteiger partial charge in [0.05, 0.1) is 0 Å². The van der Waals surface area contributed by atoms with Crippen molar-refractivity contribution in [3.63, 3.8) is 0 Å². The lowest BCUT2D eigenvalue weighted by Crippen LogP contribution is -2.53. The van der Waals surface area contributed by atoms with Gasteiger partial charge >= 0.3 is 0 Å².